The van der Waals surface area contributed by atoms with Crippen LogP contribution >= 0.6 is 0 Å². The second-order valence-electron chi connectivity index (χ2n) is 8.64. The molecule has 0 saturated carbocycles. The van der Waals surface area contributed by atoms with Crippen LogP contribution in [-0.4, -0.2) is 62.7 Å². The molecular weight excluding hydrogens is 444 g/mol. The van der Waals surface area contributed by atoms with Gasteiger partial charge in [-0.05, 0) is 44.5 Å². The summed E-state index contributed by atoms with van der Waals surface area (Å²) >= 11 is 0. The number of anilines is 1. The van der Waals surface area contributed by atoms with E-state index in [0.717, 1.165) is 33.7 Å². The molecular formula is C26H26N6O3. The molecule has 1 atom stereocenters. The number of nitrogens with one attached hydrogen (secondary N) is 2. The second-order valence-corrected chi connectivity index (χ2v) is 8.64. The highest BCUT2D eigenvalue weighted by Gasteiger charge is 2.31. The fourth-order valence-corrected chi connectivity index (χ4v) is 4.14. The van der Waals surface area contributed by atoms with Crippen LogP contribution in [0.3, 0.4) is 0 Å². The fraction of sp³-hybridized carbons (Fsp3) is 0.269. The Bertz CT molecular complexity index is 1420. The van der Waals surface area contributed by atoms with E-state index in [1.807, 2.05) is 51.1 Å². The number of carbonyl (C=O) groups is 2. The lowest BCUT2D eigenvalue weighted by atomic mass is 10.1. The Morgan fingerprint density at radius 2 is 1.77 bits per heavy atom. The molecule has 4 aromatic rings. The second kappa shape index (κ2) is 9.27. The SMILES string of the molecule is Cc1nc2ccc(C(=O)N3CCOC(C(=O)Nc4n[nH]c(-c5ccccc5)c4C)C3)cc2nc1C. The van der Waals surface area contributed by atoms with Gasteiger partial charge in [0.2, 0.25) is 0 Å². The average Bonchev–Trinajstić information content (AvgIpc) is 3.24. The zero-order chi connectivity index (χ0) is 24.5. The summed E-state index contributed by atoms with van der Waals surface area (Å²) in [6.07, 6.45) is -0.797. The molecule has 3 heterocycles. The first-order valence-electron chi connectivity index (χ1n) is 11.5. The van der Waals surface area contributed by atoms with E-state index < -0.39 is 6.10 Å². The minimum absolute atomic E-state index is 0.149. The molecule has 0 bridgehead atoms. The average molecular weight is 471 g/mol. The maximum Gasteiger partial charge on any atom is 0.256 e. The lowest BCUT2D eigenvalue weighted by molar-refractivity contribution is -0.131. The molecule has 0 aliphatic carbocycles. The van der Waals surface area contributed by atoms with Crippen LogP contribution in [0.1, 0.15) is 27.3 Å². The van der Waals surface area contributed by atoms with Crippen molar-refractivity contribution >= 4 is 28.7 Å². The molecule has 0 spiro atoms. The predicted octanol–water partition coefficient (Wildman–Crippen LogP) is 3.42. The number of rotatable bonds is 4. The van der Waals surface area contributed by atoms with Crippen LogP contribution in [-0.2, 0) is 9.53 Å². The maximum atomic E-state index is 13.2. The van der Waals surface area contributed by atoms with E-state index in [9.17, 15) is 9.59 Å². The number of benzene rings is 2. The van der Waals surface area contributed by atoms with Crippen LogP contribution in [0.4, 0.5) is 5.82 Å². The van der Waals surface area contributed by atoms with Gasteiger partial charge >= 0.3 is 0 Å². The van der Waals surface area contributed by atoms with E-state index in [1.165, 1.54) is 0 Å². The highest BCUT2D eigenvalue weighted by atomic mass is 16.5. The van der Waals surface area contributed by atoms with Gasteiger partial charge in [0, 0.05) is 17.7 Å². The quantitative estimate of drug-likeness (QED) is 0.473. The molecule has 2 aromatic carbocycles. The lowest BCUT2D eigenvalue weighted by Gasteiger charge is -2.32. The van der Waals surface area contributed by atoms with Gasteiger partial charge in [0.25, 0.3) is 11.8 Å². The standard InChI is InChI=1S/C26H26N6O3/c1-15-23(18-7-5-4-6-8-18)30-31-24(15)29-25(33)22-14-32(11-12-35-22)26(34)19-9-10-20-21(13-19)28-17(3)16(2)27-20/h4-10,13,22H,11-12,14H2,1-3H3,(H2,29,30,31,33). The van der Waals surface area contributed by atoms with Gasteiger partial charge in [-0.25, -0.2) is 9.97 Å². The minimum Gasteiger partial charge on any atom is -0.365 e. The third-order valence-electron chi connectivity index (χ3n) is 6.28. The first-order valence-corrected chi connectivity index (χ1v) is 11.5. The molecule has 1 fully saturated rings. The zero-order valence-electron chi connectivity index (χ0n) is 19.8. The van der Waals surface area contributed by atoms with Crippen LogP contribution in [0.2, 0.25) is 0 Å². The number of morpholine rings is 1. The molecule has 1 unspecified atom stereocenters. The van der Waals surface area contributed by atoms with Crippen LogP contribution in [0.5, 0.6) is 0 Å². The van der Waals surface area contributed by atoms with E-state index >= 15 is 0 Å². The first kappa shape index (κ1) is 22.7. The summed E-state index contributed by atoms with van der Waals surface area (Å²) in [5.41, 5.74) is 6.26. The van der Waals surface area contributed by atoms with Gasteiger partial charge in [0.1, 0.15) is 0 Å². The number of aromatic amines is 1. The zero-order valence-corrected chi connectivity index (χ0v) is 19.8. The Kier molecular flexibility index (Phi) is 6.00. The van der Waals surface area contributed by atoms with Crippen molar-refractivity contribution in [2.45, 2.75) is 26.9 Å². The number of amides is 2. The van der Waals surface area contributed by atoms with Gasteiger partial charge in [-0.15, -0.1) is 0 Å². The van der Waals surface area contributed by atoms with Crippen molar-refractivity contribution in [2.75, 3.05) is 25.0 Å². The molecule has 5 rings (SSSR count). The first-order chi connectivity index (χ1) is 16.9. The van der Waals surface area contributed by atoms with Crippen LogP contribution in [0.15, 0.2) is 48.5 Å². The van der Waals surface area contributed by atoms with E-state index in [0.29, 0.717) is 23.4 Å². The number of hydrogen-bond donors (Lipinski definition) is 2. The Labute approximate surface area is 202 Å². The van der Waals surface area contributed by atoms with Gasteiger partial charge < -0.3 is 15.0 Å². The Morgan fingerprint density at radius 1 is 1.03 bits per heavy atom. The van der Waals surface area contributed by atoms with Crippen molar-refractivity contribution in [3.63, 3.8) is 0 Å². The molecule has 35 heavy (non-hydrogen) atoms. The molecule has 1 saturated heterocycles. The highest BCUT2D eigenvalue weighted by molar-refractivity contribution is 5.99. The number of hydrogen-bond acceptors (Lipinski definition) is 6. The van der Waals surface area contributed by atoms with E-state index in [2.05, 4.69) is 25.5 Å². The molecule has 178 valence electrons. The molecule has 9 heteroatoms. The Balaban J connectivity index is 1.29. The monoisotopic (exact) mass is 470 g/mol. The number of aryl methyl sites for hydroxylation is 2. The highest BCUT2D eigenvalue weighted by Crippen LogP contribution is 2.26. The van der Waals surface area contributed by atoms with Crippen molar-refractivity contribution < 1.29 is 14.3 Å². The lowest BCUT2D eigenvalue weighted by Crippen LogP contribution is -2.50. The van der Waals surface area contributed by atoms with Crippen molar-refractivity contribution in [1.29, 1.82) is 0 Å². The predicted molar refractivity (Wildman–Crippen MR) is 132 cm³/mol. The Hall–Kier alpha value is -4.11. The number of carbonyl (C=O) groups excluding carboxylic acids is 2. The number of fused-ring (bicyclic) bond motifs is 1. The molecule has 2 aromatic heterocycles. The topological polar surface area (TPSA) is 113 Å². The van der Waals surface area contributed by atoms with Gasteiger partial charge in [-0.2, -0.15) is 5.10 Å². The fourth-order valence-electron chi connectivity index (χ4n) is 4.14. The van der Waals surface area contributed by atoms with E-state index in [4.69, 9.17) is 4.74 Å². The largest absolute Gasteiger partial charge is 0.365 e. The van der Waals surface area contributed by atoms with Crippen LogP contribution < -0.4 is 5.32 Å². The van der Waals surface area contributed by atoms with Gasteiger partial charge in [0.05, 0.1) is 41.3 Å². The molecule has 2 amide bonds. The Morgan fingerprint density at radius 3 is 2.54 bits per heavy atom. The third kappa shape index (κ3) is 4.50. The minimum atomic E-state index is -0.797. The molecule has 1 aliphatic rings. The number of ether oxygens (including phenoxy) is 1. The van der Waals surface area contributed by atoms with Crippen molar-refractivity contribution in [3.05, 3.63) is 71.0 Å². The smallest absolute Gasteiger partial charge is 0.256 e. The van der Waals surface area contributed by atoms with Crippen LogP contribution in [0, 0.1) is 20.8 Å². The van der Waals surface area contributed by atoms with E-state index in [1.54, 1.807) is 23.1 Å². The summed E-state index contributed by atoms with van der Waals surface area (Å²) in [6, 6.07) is 15.1. The molecule has 0 radical (unpaired) electrons. The van der Waals surface area contributed by atoms with Gasteiger partial charge in [-0.1, -0.05) is 30.3 Å². The summed E-state index contributed by atoms with van der Waals surface area (Å²) in [6.45, 7) is 6.52. The van der Waals surface area contributed by atoms with E-state index in [-0.39, 0.29) is 25.0 Å². The maximum absolute atomic E-state index is 13.2. The van der Waals surface area contributed by atoms with Crippen molar-refractivity contribution in [1.82, 2.24) is 25.1 Å². The number of H-pyrrole nitrogens is 1. The van der Waals surface area contributed by atoms with Gasteiger partial charge in [-0.3, -0.25) is 14.7 Å². The molecule has 2 N–H and O–H groups in total. The third-order valence-corrected chi connectivity index (χ3v) is 6.28. The van der Waals surface area contributed by atoms with Gasteiger partial charge in [0.15, 0.2) is 11.9 Å². The number of aromatic nitrogens is 4. The summed E-state index contributed by atoms with van der Waals surface area (Å²) in [7, 11) is 0. The summed E-state index contributed by atoms with van der Waals surface area (Å²) in [5, 5.41) is 10.1. The van der Waals surface area contributed by atoms with Crippen molar-refractivity contribution in [3.8, 4) is 11.3 Å². The number of nitrogens with zero attached hydrogens (tertiary/aromatic N) is 4. The summed E-state index contributed by atoms with van der Waals surface area (Å²) in [4.78, 5) is 36.9. The molecule has 1 aliphatic heterocycles. The van der Waals surface area contributed by atoms with Crippen LogP contribution in [0.25, 0.3) is 22.3 Å². The summed E-state index contributed by atoms with van der Waals surface area (Å²) in [5.74, 6) is -0.0674. The summed E-state index contributed by atoms with van der Waals surface area (Å²) < 4.78 is 5.69. The normalized spacial score (nSPS) is 15.9. The van der Waals surface area contributed by atoms with Crippen molar-refractivity contribution in [2.24, 2.45) is 0 Å². The molecule has 9 nitrogen and oxygen atoms in total.